The van der Waals surface area contributed by atoms with E-state index in [1.165, 1.54) is 0 Å². The summed E-state index contributed by atoms with van der Waals surface area (Å²) in [4.78, 5) is 4.40. The van der Waals surface area contributed by atoms with Crippen molar-refractivity contribution in [2.75, 3.05) is 0 Å². The molecular formula is C15H21ClN4O. The molecule has 0 fully saturated rings. The number of nitrogens with one attached hydrogen (secondary N) is 1. The topological polar surface area (TPSA) is 65.1 Å². The van der Waals surface area contributed by atoms with Crippen molar-refractivity contribution in [2.45, 2.75) is 39.0 Å². The predicted molar refractivity (Wildman–Crippen MR) is 84.1 cm³/mol. The third-order valence-electron chi connectivity index (χ3n) is 3.26. The highest BCUT2D eigenvalue weighted by Gasteiger charge is 2.24. The van der Waals surface area contributed by atoms with Crippen LogP contribution in [0.2, 0.25) is 5.02 Å². The van der Waals surface area contributed by atoms with Crippen LogP contribution in [0.5, 0.6) is 5.75 Å². The fraction of sp³-hybridized carbons (Fsp3) is 0.400. The summed E-state index contributed by atoms with van der Waals surface area (Å²) in [5, 5.41) is 0.643. The molecule has 1 aromatic heterocycles. The van der Waals surface area contributed by atoms with E-state index in [1.54, 1.807) is 12.3 Å². The largest absolute Gasteiger partial charge is 0.489 e. The number of ether oxygens (including phenoxy) is 1. The highest BCUT2D eigenvalue weighted by atomic mass is 35.5. The van der Waals surface area contributed by atoms with Crippen LogP contribution in [0.3, 0.4) is 0 Å². The molecule has 1 aromatic carbocycles. The van der Waals surface area contributed by atoms with Gasteiger partial charge in [-0.05, 0) is 31.5 Å². The standard InChI is InChI=1S/C15H21ClN4O/c1-3-8-20-9-7-18-15(20)14(19-17)11(2)21-13-6-4-5-12(16)10-13/h4-7,9-11,14,19H,3,8,17H2,1-2H3. The summed E-state index contributed by atoms with van der Waals surface area (Å²) in [5.41, 5.74) is 2.80. The van der Waals surface area contributed by atoms with Gasteiger partial charge < -0.3 is 9.30 Å². The zero-order valence-corrected chi connectivity index (χ0v) is 13.0. The molecule has 0 saturated heterocycles. The molecule has 0 saturated carbocycles. The van der Waals surface area contributed by atoms with Gasteiger partial charge in [0.1, 0.15) is 23.7 Å². The molecule has 2 rings (SSSR count). The van der Waals surface area contributed by atoms with E-state index in [-0.39, 0.29) is 12.1 Å². The summed E-state index contributed by atoms with van der Waals surface area (Å²) in [6.07, 6.45) is 4.58. The van der Waals surface area contributed by atoms with E-state index < -0.39 is 0 Å². The molecule has 114 valence electrons. The maximum absolute atomic E-state index is 5.97. The molecule has 0 bridgehead atoms. The number of hydrazine groups is 1. The smallest absolute Gasteiger partial charge is 0.131 e. The molecule has 0 spiro atoms. The average molecular weight is 309 g/mol. The van der Waals surface area contributed by atoms with Gasteiger partial charge in [-0.2, -0.15) is 0 Å². The minimum absolute atomic E-state index is 0.188. The molecule has 6 heteroatoms. The maximum atomic E-state index is 5.97. The first kappa shape index (κ1) is 15.8. The zero-order chi connectivity index (χ0) is 15.2. The van der Waals surface area contributed by atoms with Gasteiger partial charge >= 0.3 is 0 Å². The number of hydrogen-bond acceptors (Lipinski definition) is 4. The Morgan fingerprint density at radius 3 is 2.95 bits per heavy atom. The molecule has 2 unspecified atom stereocenters. The van der Waals surface area contributed by atoms with Crippen molar-refractivity contribution in [1.29, 1.82) is 0 Å². The second-order valence-corrected chi connectivity index (χ2v) is 5.34. The molecule has 2 aromatic rings. The van der Waals surface area contributed by atoms with E-state index in [1.807, 2.05) is 31.3 Å². The number of benzene rings is 1. The van der Waals surface area contributed by atoms with Gasteiger partial charge in [-0.1, -0.05) is 24.6 Å². The summed E-state index contributed by atoms with van der Waals surface area (Å²) >= 11 is 5.97. The van der Waals surface area contributed by atoms with Crippen molar-refractivity contribution < 1.29 is 4.74 Å². The van der Waals surface area contributed by atoms with Crippen LogP contribution >= 0.6 is 11.6 Å². The Kier molecular flexibility index (Phi) is 5.61. The van der Waals surface area contributed by atoms with Gasteiger partial charge in [0.25, 0.3) is 0 Å². The minimum Gasteiger partial charge on any atom is -0.489 e. The number of nitrogens with zero attached hydrogens (tertiary/aromatic N) is 2. The van der Waals surface area contributed by atoms with Crippen LogP contribution in [0.25, 0.3) is 0 Å². The van der Waals surface area contributed by atoms with Crippen LogP contribution in [-0.2, 0) is 6.54 Å². The maximum Gasteiger partial charge on any atom is 0.131 e. The molecule has 21 heavy (non-hydrogen) atoms. The van der Waals surface area contributed by atoms with E-state index in [9.17, 15) is 0 Å². The molecule has 3 N–H and O–H groups in total. The Balaban J connectivity index is 2.14. The Bertz CT molecular complexity index is 572. The Morgan fingerprint density at radius 2 is 2.29 bits per heavy atom. The first-order chi connectivity index (χ1) is 10.2. The summed E-state index contributed by atoms with van der Waals surface area (Å²) < 4.78 is 8.01. The van der Waals surface area contributed by atoms with E-state index in [0.29, 0.717) is 10.8 Å². The van der Waals surface area contributed by atoms with Crippen molar-refractivity contribution in [2.24, 2.45) is 5.84 Å². The molecule has 0 aliphatic rings. The van der Waals surface area contributed by atoms with Gasteiger partial charge in [-0.25, -0.2) is 10.4 Å². The Labute approximate surface area is 130 Å². The fourth-order valence-corrected chi connectivity index (χ4v) is 2.45. The normalized spacial score (nSPS) is 13.9. The van der Waals surface area contributed by atoms with Gasteiger partial charge in [-0.3, -0.25) is 5.84 Å². The zero-order valence-electron chi connectivity index (χ0n) is 12.3. The molecule has 5 nitrogen and oxygen atoms in total. The van der Waals surface area contributed by atoms with Crippen LogP contribution in [-0.4, -0.2) is 15.7 Å². The third kappa shape index (κ3) is 3.97. The monoisotopic (exact) mass is 308 g/mol. The highest BCUT2D eigenvalue weighted by Crippen LogP contribution is 2.23. The Hall–Kier alpha value is -1.56. The Morgan fingerprint density at radius 1 is 1.48 bits per heavy atom. The van der Waals surface area contributed by atoms with E-state index in [0.717, 1.165) is 18.8 Å². The van der Waals surface area contributed by atoms with E-state index in [2.05, 4.69) is 21.9 Å². The number of aromatic nitrogens is 2. The van der Waals surface area contributed by atoms with Crippen molar-refractivity contribution in [1.82, 2.24) is 15.0 Å². The molecule has 0 aliphatic heterocycles. The van der Waals surface area contributed by atoms with Crippen LogP contribution in [0, 0.1) is 0 Å². The lowest BCUT2D eigenvalue weighted by Crippen LogP contribution is -2.39. The quantitative estimate of drug-likeness (QED) is 0.610. The molecule has 0 amide bonds. The summed E-state index contributed by atoms with van der Waals surface area (Å²) in [5.74, 6) is 7.29. The number of aryl methyl sites for hydroxylation is 1. The minimum atomic E-state index is -0.203. The average Bonchev–Trinajstić information content (AvgIpc) is 2.88. The van der Waals surface area contributed by atoms with Gasteiger partial charge in [-0.15, -0.1) is 0 Å². The van der Waals surface area contributed by atoms with Crippen molar-refractivity contribution >= 4 is 11.6 Å². The second-order valence-electron chi connectivity index (χ2n) is 4.90. The third-order valence-corrected chi connectivity index (χ3v) is 3.49. The molecule has 0 radical (unpaired) electrons. The number of rotatable bonds is 7. The first-order valence-electron chi connectivity index (χ1n) is 7.05. The molecule has 1 heterocycles. The lowest BCUT2D eigenvalue weighted by atomic mass is 10.1. The lowest BCUT2D eigenvalue weighted by molar-refractivity contribution is 0.164. The number of nitrogens with two attached hydrogens (primary N) is 1. The number of halogens is 1. The van der Waals surface area contributed by atoms with Crippen LogP contribution in [0.4, 0.5) is 0 Å². The second kappa shape index (κ2) is 7.45. The lowest BCUT2D eigenvalue weighted by Gasteiger charge is -2.24. The molecule has 2 atom stereocenters. The van der Waals surface area contributed by atoms with Crippen LogP contribution in [0.1, 0.15) is 32.1 Å². The summed E-state index contributed by atoms with van der Waals surface area (Å²) in [7, 11) is 0. The number of imidazole rings is 1. The highest BCUT2D eigenvalue weighted by molar-refractivity contribution is 6.30. The van der Waals surface area contributed by atoms with E-state index in [4.69, 9.17) is 22.2 Å². The van der Waals surface area contributed by atoms with Crippen molar-refractivity contribution in [3.05, 3.63) is 47.5 Å². The van der Waals surface area contributed by atoms with Crippen molar-refractivity contribution in [3.8, 4) is 5.75 Å². The molecular weight excluding hydrogens is 288 g/mol. The first-order valence-corrected chi connectivity index (χ1v) is 7.43. The van der Waals surface area contributed by atoms with Gasteiger partial charge in [0.2, 0.25) is 0 Å². The van der Waals surface area contributed by atoms with E-state index >= 15 is 0 Å². The molecule has 0 aliphatic carbocycles. The van der Waals surface area contributed by atoms with Crippen molar-refractivity contribution in [3.63, 3.8) is 0 Å². The van der Waals surface area contributed by atoms with Crippen LogP contribution < -0.4 is 16.0 Å². The predicted octanol–water partition coefficient (Wildman–Crippen LogP) is 2.92. The van der Waals surface area contributed by atoms with Gasteiger partial charge in [0.05, 0.1) is 0 Å². The van der Waals surface area contributed by atoms with Crippen LogP contribution in [0.15, 0.2) is 36.7 Å². The summed E-state index contributed by atoms with van der Waals surface area (Å²) in [6.45, 7) is 4.98. The van der Waals surface area contributed by atoms with Gasteiger partial charge in [0.15, 0.2) is 0 Å². The number of hydrogen-bond donors (Lipinski definition) is 2. The summed E-state index contributed by atoms with van der Waals surface area (Å²) in [6, 6.07) is 7.11. The SMILES string of the molecule is CCCn1ccnc1C(NN)C(C)Oc1cccc(Cl)c1. The fourth-order valence-electron chi connectivity index (χ4n) is 2.27. The van der Waals surface area contributed by atoms with Gasteiger partial charge in [0, 0.05) is 24.0 Å².